The Bertz CT molecular complexity index is 437. The molecule has 6 heteroatoms. The summed E-state index contributed by atoms with van der Waals surface area (Å²) >= 11 is 5.68. The SMILES string of the molecule is O=C(O)CCC(=O)NCc1cc(Cl)ccc1F. The van der Waals surface area contributed by atoms with Gasteiger partial charge in [-0.3, -0.25) is 9.59 Å². The molecule has 0 saturated carbocycles. The fraction of sp³-hybridized carbons (Fsp3) is 0.273. The summed E-state index contributed by atoms with van der Waals surface area (Å²) in [5.74, 6) is -1.95. The van der Waals surface area contributed by atoms with Crippen LogP contribution in [0.2, 0.25) is 5.02 Å². The van der Waals surface area contributed by atoms with Crippen molar-refractivity contribution in [2.24, 2.45) is 0 Å². The molecule has 92 valence electrons. The second kappa shape index (κ2) is 6.20. The molecule has 0 bridgehead atoms. The van der Waals surface area contributed by atoms with Gasteiger partial charge in [0.15, 0.2) is 0 Å². The highest BCUT2D eigenvalue weighted by atomic mass is 35.5. The molecule has 0 aliphatic rings. The number of hydrogen-bond acceptors (Lipinski definition) is 2. The van der Waals surface area contributed by atoms with Crippen molar-refractivity contribution in [3.63, 3.8) is 0 Å². The van der Waals surface area contributed by atoms with Crippen molar-refractivity contribution in [1.29, 1.82) is 0 Å². The van der Waals surface area contributed by atoms with Crippen LogP contribution in [-0.2, 0) is 16.1 Å². The van der Waals surface area contributed by atoms with Gasteiger partial charge in [0, 0.05) is 23.6 Å². The fourth-order valence-electron chi connectivity index (χ4n) is 1.18. The number of rotatable bonds is 5. The summed E-state index contributed by atoms with van der Waals surface area (Å²) in [6.07, 6.45) is -0.374. The zero-order valence-electron chi connectivity index (χ0n) is 8.87. The van der Waals surface area contributed by atoms with Crippen LogP contribution in [0.1, 0.15) is 18.4 Å². The summed E-state index contributed by atoms with van der Waals surface area (Å²) < 4.78 is 13.2. The van der Waals surface area contributed by atoms with Crippen molar-refractivity contribution in [2.75, 3.05) is 0 Å². The molecule has 0 spiro atoms. The van der Waals surface area contributed by atoms with Crippen molar-refractivity contribution < 1.29 is 19.1 Å². The van der Waals surface area contributed by atoms with Gasteiger partial charge in [-0.05, 0) is 18.2 Å². The van der Waals surface area contributed by atoms with E-state index in [9.17, 15) is 14.0 Å². The summed E-state index contributed by atoms with van der Waals surface area (Å²) in [6, 6.07) is 4.03. The molecule has 0 aromatic heterocycles. The van der Waals surface area contributed by atoms with E-state index in [4.69, 9.17) is 16.7 Å². The third-order valence-corrected chi connectivity index (χ3v) is 2.28. The van der Waals surface area contributed by atoms with Gasteiger partial charge in [0.2, 0.25) is 5.91 Å². The molecular weight excluding hydrogens is 249 g/mol. The monoisotopic (exact) mass is 259 g/mol. The van der Waals surface area contributed by atoms with E-state index >= 15 is 0 Å². The molecule has 0 atom stereocenters. The van der Waals surface area contributed by atoms with Crippen LogP contribution in [0.5, 0.6) is 0 Å². The quantitative estimate of drug-likeness (QED) is 0.849. The number of nitrogens with one attached hydrogen (secondary N) is 1. The Balaban J connectivity index is 2.47. The maximum absolute atomic E-state index is 13.2. The van der Waals surface area contributed by atoms with Crippen LogP contribution in [0.4, 0.5) is 4.39 Å². The van der Waals surface area contributed by atoms with E-state index in [2.05, 4.69) is 5.32 Å². The lowest BCUT2D eigenvalue weighted by Crippen LogP contribution is -2.23. The van der Waals surface area contributed by atoms with Crippen molar-refractivity contribution in [2.45, 2.75) is 19.4 Å². The molecule has 0 saturated heterocycles. The van der Waals surface area contributed by atoms with E-state index in [1.54, 1.807) is 0 Å². The minimum atomic E-state index is -1.05. The highest BCUT2D eigenvalue weighted by Gasteiger charge is 2.07. The topological polar surface area (TPSA) is 66.4 Å². The van der Waals surface area contributed by atoms with Gasteiger partial charge in [-0.15, -0.1) is 0 Å². The minimum absolute atomic E-state index is 0.00908. The zero-order valence-corrected chi connectivity index (χ0v) is 9.63. The highest BCUT2D eigenvalue weighted by molar-refractivity contribution is 6.30. The molecule has 2 N–H and O–H groups in total. The van der Waals surface area contributed by atoms with Gasteiger partial charge >= 0.3 is 5.97 Å². The Labute approximate surface area is 102 Å². The number of carbonyl (C=O) groups excluding carboxylic acids is 1. The van der Waals surface area contributed by atoms with E-state index in [1.807, 2.05) is 0 Å². The maximum atomic E-state index is 13.2. The zero-order chi connectivity index (χ0) is 12.8. The molecular formula is C11H11ClFNO3. The third-order valence-electron chi connectivity index (χ3n) is 2.05. The summed E-state index contributed by atoms with van der Waals surface area (Å²) in [7, 11) is 0. The summed E-state index contributed by atoms with van der Waals surface area (Å²) in [5, 5.41) is 11.2. The van der Waals surface area contributed by atoms with E-state index in [0.29, 0.717) is 5.02 Å². The second-order valence-corrected chi connectivity index (χ2v) is 3.84. The molecule has 0 aliphatic heterocycles. The molecule has 0 aliphatic carbocycles. The molecule has 1 amide bonds. The van der Waals surface area contributed by atoms with Crippen LogP contribution in [0.15, 0.2) is 18.2 Å². The van der Waals surface area contributed by atoms with Crippen LogP contribution >= 0.6 is 11.6 Å². The number of benzene rings is 1. The van der Waals surface area contributed by atoms with E-state index < -0.39 is 17.7 Å². The average Bonchev–Trinajstić information content (AvgIpc) is 2.27. The third kappa shape index (κ3) is 4.82. The number of amides is 1. The number of carboxylic acids is 1. The number of carboxylic acid groups (broad SMARTS) is 1. The molecule has 0 fully saturated rings. The lowest BCUT2D eigenvalue weighted by atomic mass is 10.2. The molecule has 0 radical (unpaired) electrons. The summed E-state index contributed by atoms with van der Waals surface area (Å²) in [6.45, 7) is -0.00908. The lowest BCUT2D eigenvalue weighted by molar-refractivity contribution is -0.138. The second-order valence-electron chi connectivity index (χ2n) is 3.41. The molecule has 1 aromatic carbocycles. The van der Waals surface area contributed by atoms with Crippen molar-refractivity contribution in [3.8, 4) is 0 Å². The van der Waals surface area contributed by atoms with E-state index in [1.165, 1.54) is 18.2 Å². The van der Waals surface area contributed by atoms with Crippen LogP contribution in [0.3, 0.4) is 0 Å². The van der Waals surface area contributed by atoms with Gasteiger partial charge in [-0.25, -0.2) is 4.39 Å². The molecule has 1 aromatic rings. The van der Waals surface area contributed by atoms with Crippen molar-refractivity contribution >= 4 is 23.5 Å². The fourth-order valence-corrected chi connectivity index (χ4v) is 1.38. The first kappa shape index (κ1) is 13.4. The van der Waals surface area contributed by atoms with Crippen LogP contribution < -0.4 is 5.32 Å². The number of carbonyl (C=O) groups is 2. The molecule has 17 heavy (non-hydrogen) atoms. The Hall–Kier alpha value is -1.62. The minimum Gasteiger partial charge on any atom is -0.481 e. The van der Waals surface area contributed by atoms with Gasteiger partial charge in [0.1, 0.15) is 5.82 Å². The van der Waals surface area contributed by atoms with Crippen LogP contribution in [0.25, 0.3) is 0 Å². The number of halogens is 2. The number of hydrogen-bond donors (Lipinski definition) is 2. The summed E-state index contributed by atoms with van der Waals surface area (Å²) in [5.41, 5.74) is 0.265. The van der Waals surface area contributed by atoms with Gasteiger partial charge in [-0.1, -0.05) is 11.6 Å². The van der Waals surface area contributed by atoms with E-state index in [0.717, 1.165) is 0 Å². The van der Waals surface area contributed by atoms with Gasteiger partial charge < -0.3 is 10.4 Å². The van der Waals surface area contributed by atoms with Crippen molar-refractivity contribution in [3.05, 3.63) is 34.6 Å². The predicted molar refractivity (Wildman–Crippen MR) is 60.1 cm³/mol. The van der Waals surface area contributed by atoms with Gasteiger partial charge in [0.25, 0.3) is 0 Å². The van der Waals surface area contributed by atoms with Crippen LogP contribution in [-0.4, -0.2) is 17.0 Å². The number of aliphatic carboxylic acids is 1. The van der Waals surface area contributed by atoms with Crippen molar-refractivity contribution in [1.82, 2.24) is 5.32 Å². The predicted octanol–water partition coefficient (Wildman–Crippen LogP) is 1.96. The lowest BCUT2D eigenvalue weighted by Gasteiger charge is -2.06. The smallest absolute Gasteiger partial charge is 0.303 e. The Kier molecular flexibility index (Phi) is 4.90. The van der Waals surface area contributed by atoms with Gasteiger partial charge in [0.05, 0.1) is 6.42 Å². The maximum Gasteiger partial charge on any atom is 0.303 e. The van der Waals surface area contributed by atoms with E-state index in [-0.39, 0.29) is 24.9 Å². The largest absolute Gasteiger partial charge is 0.481 e. The molecule has 1 rings (SSSR count). The molecule has 4 nitrogen and oxygen atoms in total. The highest BCUT2D eigenvalue weighted by Crippen LogP contribution is 2.14. The first-order valence-electron chi connectivity index (χ1n) is 4.91. The Morgan fingerprint density at radius 2 is 2.06 bits per heavy atom. The first-order chi connectivity index (χ1) is 7.99. The standard InChI is InChI=1S/C11H11ClFNO3/c12-8-1-2-9(13)7(5-8)6-14-10(15)3-4-11(16)17/h1-2,5H,3-4,6H2,(H,14,15)(H,16,17). The Morgan fingerprint density at radius 1 is 1.35 bits per heavy atom. The first-order valence-corrected chi connectivity index (χ1v) is 5.29. The normalized spacial score (nSPS) is 10.0. The Morgan fingerprint density at radius 3 is 2.71 bits per heavy atom. The van der Waals surface area contributed by atoms with Gasteiger partial charge in [-0.2, -0.15) is 0 Å². The van der Waals surface area contributed by atoms with Crippen LogP contribution in [0, 0.1) is 5.82 Å². The summed E-state index contributed by atoms with van der Waals surface area (Å²) in [4.78, 5) is 21.4. The average molecular weight is 260 g/mol. The molecule has 0 heterocycles. The molecule has 0 unspecified atom stereocenters.